The molecule has 2 aliphatic heterocycles. The number of hydrogen-bond donors (Lipinski definition) is 4. The largest absolute Gasteiger partial charge is 0.386 e. The summed E-state index contributed by atoms with van der Waals surface area (Å²) in [5.74, 6) is 0.0181. The number of rotatable bonds is 2. The third-order valence-corrected chi connectivity index (χ3v) is 3.88. The second kappa shape index (κ2) is 5.76. The number of carbonyl (C=O) groups is 1. The molecular formula is C12H16FN5O5. The molecule has 1 aromatic heterocycles. The molecule has 6 atom stereocenters. The van der Waals surface area contributed by atoms with Gasteiger partial charge in [0.25, 0.3) is 0 Å². The van der Waals surface area contributed by atoms with Crippen molar-refractivity contribution in [3.8, 4) is 0 Å². The highest BCUT2D eigenvalue weighted by atomic mass is 19.1. The number of halogens is 1. The SMILES string of the molecule is NC(=O)N[C@@H]1[C@H]2O[C@@H](n3ccc(N)nc3=O)[C@H](O)[C@@H]2OC[C@H]1F. The van der Waals surface area contributed by atoms with Gasteiger partial charge in [0.05, 0.1) is 12.6 Å². The number of ether oxygens (including phenoxy) is 2. The molecule has 0 unspecified atom stereocenters. The van der Waals surface area contributed by atoms with Crippen molar-refractivity contribution in [3.63, 3.8) is 0 Å². The van der Waals surface area contributed by atoms with E-state index in [1.807, 2.05) is 0 Å². The number of nitrogens with two attached hydrogens (primary N) is 2. The van der Waals surface area contributed by atoms with Crippen LogP contribution in [0.4, 0.5) is 15.0 Å². The average Bonchev–Trinajstić information content (AvgIpc) is 2.79. The molecule has 0 radical (unpaired) electrons. The number of urea groups is 1. The van der Waals surface area contributed by atoms with Gasteiger partial charge < -0.3 is 31.4 Å². The normalized spacial score (nSPS) is 36.4. The molecule has 11 heteroatoms. The van der Waals surface area contributed by atoms with Crippen LogP contribution in [-0.2, 0) is 9.47 Å². The minimum absolute atomic E-state index is 0.0181. The van der Waals surface area contributed by atoms with Gasteiger partial charge in [-0.05, 0) is 6.07 Å². The van der Waals surface area contributed by atoms with Crippen molar-refractivity contribution < 1.29 is 23.8 Å². The Balaban J connectivity index is 1.89. The smallest absolute Gasteiger partial charge is 0.351 e. The van der Waals surface area contributed by atoms with Crippen molar-refractivity contribution in [1.82, 2.24) is 14.9 Å². The molecule has 0 spiro atoms. The van der Waals surface area contributed by atoms with Crippen LogP contribution in [0, 0.1) is 0 Å². The van der Waals surface area contributed by atoms with Gasteiger partial charge >= 0.3 is 11.7 Å². The molecule has 2 fully saturated rings. The standard InChI is InChI=1S/C12H16FN5O5/c13-4-3-22-9-7(19)10(18-2-1-5(14)16-12(18)21)23-8(9)6(4)17-11(15)20/h1-2,4,6-10,19H,3H2,(H2,14,16,21)(H3,15,17,20)/t4-,6+,7-,8-,9+,10-/m1/s1. The Labute approximate surface area is 129 Å². The Kier molecular flexibility index (Phi) is 3.92. The number of primary amides is 1. The van der Waals surface area contributed by atoms with E-state index >= 15 is 0 Å². The van der Waals surface area contributed by atoms with Gasteiger partial charge in [0.1, 0.15) is 30.3 Å². The van der Waals surface area contributed by atoms with Crippen LogP contribution in [0.2, 0.25) is 0 Å². The van der Waals surface area contributed by atoms with Gasteiger partial charge in [0.15, 0.2) is 6.23 Å². The predicted octanol–water partition coefficient (Wildman–Crippen LogP) is -2.14. The summed E-state index contributed by atoms with van der Waals surface area (Å²) in [6, 6.07) is -0.660. The fraction of sp³-hybridized carbons (Fsp3) is 0.583. The zero-order valence-electron chi connectivity index (χ0n) is 11.8. The molecule has 6 N–H and O–H groups in total. The highest BCUT2D eigenvalue weighted by molar-refractivity contribution is 5.72. The summed E-state index contributed by atoms with van der Waals surface area (Å²) in [6.07, 6.45) is -4.58. The molecule has 2 saturated heterocycles. The number of amides is 2. The molecule has 10 nitrogen and oxygen atoms in total. The zero-order valence-corrected chi connectivity index (χ0v) is 11.8. The number of nitrogens with zero attached hydrogens (tertiary/aromatic N) is 2. The average molecular weight is 329 g/mol. The molecule has 0 bridgehead atoms. The van der Waals surface area contributed by atoms with Crippen molar-refractivity contribution in [2.24, 2.45) is 5.73 Å². The van der Waals surface area contributed by atoms with Crippen LogP contribution < -0.4 is 22.5 Å². The summed E-state index contributed by atoms with van der Waals surface area (Å²) in [5, 5.41) is 12.6. The van der Waals surface area contributed by atoms with E-state index in [9.17, 15) is 19.1 Å². The molecule has 2 amide bonds. The van der Waals surface area contributed by atoms with Gasteiger partial charge in [0.2, 0.25) is 0 Å². The summed E-state index contributed by atoms with van der Waals surface area (Å²) >= 11 is 0. The number of carbonyl (C=O) groups excluding carboxylic acids is 1. The Hall–Kier alpha value is -2.24. The van der Waals surface area contributed by atoms with E-state index in [0.717, 1.165) is 4.57 Å². The molecular weight excluding hydrogens is 313 g/mol. The lowest BCUT2D eigenvalue weighted by molar-refractivity contribution is -0.117. The van der Waals surface area contributed by atoms with E-state index in [4.69, 9.17) is 20.9 Å². The number of aliphatic hydroxyl groups excluding tert-OH is 1. The first kappa shape index (κ1) is 15.6. The van der Waals surface area contributed by atoms with Gasteiger partial charge in [-0.3, -0.25) is 4.57 Å². The Morgan fingerprint density at radius 3 is 2.91 bits per heavy atom. The Morgan fingerprint density at radius 2 is 2.26 bits per heavy atom. The Bertz CT molecular complexity index is 669. The van der Waals surface area contributed by atoms with Gasteiger partial charge in [0, 0.05) is 6.20 Å². The summed E-state index contributed by atoms with van der Waals surface area (Å²) in [5.41, 5.74) is 9.71. The lowest BCUT2D eigenvalue weighted by Gasteiger charge is -2.35. The van der Waals surface area contributed by atoms with E-state index in [1.54, 1.807) is 0 Å². The fourth-order valence-electron chi connectivity index (χ4n) is 2.86. The van der Waals surface area contributed by atoms with Crippen molar-refractivity contribution in [3.05, 3.63) is 22.7 Å². The summed E-state index contributed by atoms with van der Waals surface area (Å²) in [4.78, 5) is 26.5. The highest BCUT2D eigenvalue weighted by Gasteiger charge is 2.54. The number of alkyl halides is 1. The van der Waals surface area contributed by atoms with Crippen LogP contribution in [-0.4, -0.2) is 57.8 Å². The molecule has 0 aliphatic carbocycles. The molecule has 3 rings (SSSR count). The maximum atomic E-state index is 14.0. The number of aromatic nitrogens is 2. The molecule has 0 aromatic carbocycles. The number of anilines is 1. The van der Waals surface area contributed by atoms with Crippen molar-refractivity contribution in [2.45, 2.75) is 36.8 Å². The van der Waals surface area contributed by atoms with E-state index in [2.05, 4.69) is 10.3 Å². The quantitative estimate of drug-likeness (QED) is 0.482. The summed E-state index contributed by atoms with van der Waals surface area (Å²) in [7, 11) is 0. The molecule has 2 aliphatic rings. The second-order valence-electron chi connectivity index (χ2n) is 5.37. The second-order valence-corrected chi connectivity index (χ2v) is 5.37. The Morgan fingerprint density at radius 1 is 1.52 bits per heavy atom. The van der Waals surface area contributed by atoms with Crippen LogP contribution >= 0.6 is 0 Å². The predicted molar refractivity (Wildman–Crippen MR) is 74.0 cm³/mol. The number of nitrogen functional groups attached to an aromatic ring is 1. The minimum atomic E-state index is -1.56. The summed E-state index contributed by atoms with van der Waals surface area (Å²) in [6.45, 7) is -0.339. The van der Waals surface area contributed by atoms with Crippen LogP contribution in [0.15, 0.2) is 17.1 Å². The third kappa shape index (κ3) is 2.73. The van der Waals surface area contributed by atoms with E-state index in [-0.39, 0.29) is 12.4 Å². The molecule has 0 saturated carbocycles. The summed E-state index contributed by atoms with van der Waals surface area (Å²) < 4.78 is 25.8. The van der Waals surface area contributed by atoms with Gasteiger partial charge in [-0.2, -0.15) is 4.98 Å². The number of hydrogen-bond acceptors (Lipinski definition) is 7. The lowest BCUT2D eigenvalue weighted by Crippen LogP contribution is -2.60. The topological polar surface area (TPSA) is 155 Å². The highest BCUT2D eigenvalue weighted by Crippen LogP contribution is 2.36. The van der Waals surface area contributed by atoms with Crippen molar-refractivity contribution in [2.75, 3.05) is 12.3 Å². The first-order valence-electron chi connectivity index (χ1n) is 6.88. The third-order valence-electron chi connectivity index (χ3n) is 3.88. The van der Waals surface area contributed by atoms with E-state index in [1.165, 1.54) is 12.3 Å². The van der Waals surface area contributed by atoms with Crippen LogP contribution in [0.5, 0.6) is 0 Å². The molecule has 126 valence electrons. The van der Waals surface area contributed by atoms with E-state index < -0.39 is 48.5 Å². The number of fused-ring (bicyclic) bond motifs is 1. The number of aliphatic hydroxyl groups is 1. The van der Waals surface area contributed by atoms with Gasteiger partial charge in [-0.1, -0.05) is 0 Å². The van der Waals surface area contributed by atoms with Crippen LogP contribution in [0.1, 0.15) is 6.23 Å². The molecule has 1 aromatic rings. The van der Waals surface area contributed by atoms with Crippen LogP contribution in [0.3, 0.4) is 0 Å². The fourth-order valence-corrected chi connectivity index (χ4v) is 2.86. The van der Waals surface area contributed by atoms with Crippen molar-refractivity contribution >= 4 is 11.8 Å². The molecule has 23 heavy (non-hydrogen) atoms. The first-order valence-corrected chi connectivity index (χ1v) is 6.88. The maximum absolute atomic E-state index is 14.0. The van der Waals surface area contributed by atoms with Crippen molar-refractivity contribution in [1.29, 1.82) is 0 Å². The van der Waals surface area contributed by atoms with Crippen LogP contribution in [0.25, 0.3) is 0 Å². The zero-order chi connectivity index (χ0) is 16.7. The monoisotopic (exact) mass is 329 g/mol. The lowest BCUT2D eigenvalue weighted by atomic mass is 9.96. The van der Waals surface area contributed by atoms with Gasteiger partial charge in [-0.15, -0.1) is 0 Å². The first-order chi connectivity index (χ1) is 10.9. The van der Waals surface area contributed by atoms with E-state index in [0.29, 0.717) is 0 Å². The maximum Gasteiger partial charge on any atom is 0.351 e. The molecule has 3 heterocycles. The number of nitrogens with one attached hydrogen (secondary N) is 1. The minimum Gasteiger partial charge on any atom is -0.386 e. The van der Waals surface area contributed by atoms with Gasteiger partial charge in [-0.25, -0.2) is 14.0 Å².